The highest BCUT2D eigenvalue weighted by atomic mass is 31.2. The van der Waals surface area contributed by atoms with E-state index in [1.807, 2.05) is 60.8 Å². The third-order valence-corrected chi connectivity index (χ3v) is 5.02. The molecule has 0 fully saturated rings. The van der Waals surface area contributed by atoms with E-state index in [2.05, 4.69) is 4.98 Å². The Morgan fingerprint density at radius 3 is 2.59 bits per heavy atom. The summed E-state index contributed by atoms with van der Waals surface area (Å²) in [6.07, 6.45) is 1.38. The average Bonchev–Trinajstić information content (AvgIpc) is 2.91. The number of hydrogen-bond acceptors (Lipinski definition) is 2. The fourth-order valence-electron chi connectivity index (χ4n) is 2.59. The number of hydrogen-bond donors (Lipinski definition) is 2. The Hall–Kier alpha value is -1.87. The molecule has 0 saturated heterocycles. The molecule has 0 amide bonds. The normalized spacial score (nSPS) is 15.5. The summed E-state index contributed by atoms with van der Waals surface area (Å²) in [4.78, 5) is 13.3. The minimum absolute atomic E-state index is 0.0144. The predicted octanol–water partition coefficient (Wildman–Crippen LogP) is 4.63. The molecular weight excluding hydrogens is 297 g/mol. The number of benzene rings is 2. The molecule has 0 radical (unpaired) electrons. The Morgan fingerprint density at radius 1 is 1.14 bits per heavy atom. The van der Waals surface area contributed by atoms with Gasteiger partial charge in [-0.2, -0.15) is 0 Å². The van der Waals surface area contributed by atoms with Crippen molar-refractivity contribution in [2.24, 2.45) is 0 Å². The predicted molar refractivity (Wildman–Crippen MR) is 87.8 cm³/mol. The minimum atomic E-state index is -3.70. The number of aromatic nitrogens is 1. The molecule has 0 aliphatic carbocycles. The number of para-hydroxylation sites is 1. The number of nitrogens with one attached hydrogen (secondary N) is 1. The van der Waals surface area contributed by atoms with E-state index in [0.29, 0.717) is 0 Å². The first-order chi connectivity index (χ1) is 10.6. The minimum Gasteiger partial charge on any atom is -0.361 e. The molecule has 2 atom stereocenters. The van der Waals surface area contributed by atoms with E-state index in [0.717, 1.165) is 22.0 Å². The van der Waals surface area contributed by atoms with E-state index in [1.54, 1.807) is 6.92 Å². The quantitative estimate of drug-likeness (QED) is 0.675. The van der Waals surface area contributed by atoms with Crippen LogP contribution >= 0.6 is 7.60 Å². The first-order valence-electron chi connectivity index (χ1n) is 7.15. The van der Waals surface area contributed by atoms with Crippen LogP contribution in [-0.2, 0) is 15.3 Å². The molecule has 0 bridgehead atoms. The van der Waals surface area contributed by atoms with Gasteiger partial charge in [-0.3, -0.25) is 4.57 Å². The van der Waals surface area contributed by atoms with Crippen molar-refractivity contribution < 1.29 is 14.0 Å². The number of aromatic amines is 1. The van der Waals surface area contributed by atoms with Crippen LogP contribution in [0.1, 0.15) is 24.2 Å². The summed E-state index contributed by atoms with van der Waals surface area (Å²) in [5.41, 5.74) is 2.67. The number of rotatable bonds is 5. The highest BCUT2D eigenvalue weighted by Gasteiger charge is 2.25. The van der Waals surface area contributed by atoms with Crippen LogP contribution < -0.4 is 0 Å². The van der Waals surface area contributed by atoms with Gasteiger partial charge in [-0.15, -0.1) is 0 Å². The van der Waals surface area contributed by atoms with Gasteiger partial charge in [-0.1, -0.05) is 48.5 Å². The van der Waals surface area contributed by atoms with Gasteiger partial charge in [0.15, 0.2) is 0 Å². The molecule has 0 saturated carbocycles. The molecule has 2 N–H and O–H groups in total. The summed E-state index contributed by atoms with van der Waals surface area (Å²) in [5.74, 6) is 0. The number of H-pyrrole nitrogens is 1. The van der Waals surface area contributed by atoms with Crippen LogP contribution in [0.15, 0.2) is 60.8 Å². The van der Waals surface area contributed by atoms with Gasteiger partial charge in [-0.05, 0) is 18.6 Å². The summed E-state index contributed by atoms with van der Waals surface area (Å²) < 4.78 is 17.8. The van der Waals surface area contributed by atoms with E-state index in [-0.39, 0.29) is 6.16 Å². The van der Waals surface area contributed by atoms with Crippen molar-refractivity contribution in [1.29, 1.82) is 0 Å². The van der Waals surface area contributed by atoms with Gasteiger partial charge in [-0.25, -0.2) is 0 Å². The monoisotopic (exact) mass is 315 g/mol. The summed E-state index contributed by atoms with van der Waals surface area (Å²) in [6.45, 7) is 1.80. The van der Waals surface area contributed by atoms with Gasteiger partial charge < -0.3 is 14.4 Å². The smallest absolute Gasteiger partial charge is 0.333 e. The van der Waals surface area contributed by atoms with Crippen LogP contribution in [0.3, 0.4) is 0 Å². The lowest BCUT2D eigenvalue weighted by atomic mass is 10.1. The lowest BCUT2D eigenvalue weighted by Crippen LogP contribution is -2.00. The molecule has 114 valence electrons. The summed E-state index contributed by atoms with van der Waals surface area (Å²) in [5, 5.41) is 1.01. The summed E-state index contributed by atoms with van der Waals surface area (Å²) in [6, 6.07) is 17.0. The molecule has 22 heavy (non-hydrogen) atoms. The zero-order valence-electron chi connectivity index (χ0n) is 12.3. The zero-order chi connectivity index (χ0) is 15.6. The van der Waals surface area contributed by atoms with Crippen molar-refractivity contribution in [3.8, 4) is 0 Å². The molecule has 1 aromatic heterocycles. The fraction of sp³-hybridized carbons (Fsp3) is 0.176. The Balaban J connectivity index is 1.78. The molecule has 0 spiro atoms. The zero-order valence-corrected chi connectivity index (χ0v) is 13.2. The Bertz CT molecular complexity index is 813. The molecule has 2 unspecified atom stereocenters. The molecule has 1 heterocycles. The van der Waals surface area contributed by atoms with Crippen molar-refractivity contribution >= 4 is 18.5 Å². The molecular formula is C17H18NO3P. The van der Waals surface area contributed by atoms with Crippen LogP contribution in [0.2, 0.25) is 0 Å². The maximum Gasteiger partial charge on any atom is 0.333 e. The van der Waals surface area contributed by atoms with Gasteiger partial charge in [0.05, 0.1) is 12.3 Å². The van der Waals surface area contributed by atoms with Crippen molar-refractivity contribution in [3.63, 3.8) is 0 Å². The second-order valence-corrected chi connectivity index (χ2v) is 7.12. The SMILES string of the molecule is CC(OP(=O)(O)Cc1ccccc1)c1c[nH]c2ccccc12. The van der Waals surface area contributed by atoms with Crippen LogP contribution in [0.25, 0.3) is 10.9 Å². The van der Waals surface area contributed by atoms with Gasteiger partial charge in [0.2, 0.25) is 0 Å². The maximum atomic E-state index is 12.3. The van der Waals surface area contributed by atoms with E-state index in [9.17, 15) is 9.46 Å². The molecule has 3 rings (SSSR count). The van der Waals surface area contributed by atoms with Crippen molar-refractivity contribution in [3.05, 3.63) is 71.9 Å². The Morgan fingerprint density at radius 2 is 1.82 bits per heavy atom. The van der Waals surface area contributed by atoms with Gasteiger partial charge >= 0.3 is 7.60 Å². The summed E-state index contributed by atoms with van der Waals surface area (Å²) in [7, 11) is -3.70. The maximum absolute atomic E-state index is 12.3. The van der Waals surface area contributed by atoms with Gasteiger partial charge in [0.25, 0.3) is 0 Å². The van der Waals surface area contributed by atoms with Gasteiger partial charge in [0.1, 0.15) is 0 Å². The molecule has 4 nitrogen and oxygen atoms in total. The molecule has 0 aliphatic rings. The average molecular weight is 315 g/mol. The first-order valence-corrected chi connectivity index (χ1v) is 8.91. The standard InChI is InChI=1S/C17H18NO3P/c1-13(16-11-18-17-10-6-5-9-15(16)17)21-22(19,20)12-14-7-3-2-4-8-14/h2-11,13,18H,12H2,1H3,(H,19,20). The summed E-state index contributed by atoms with van der Waals surface area (Å²) >= 11 is 0. The third-order valence-electron chi connectivity index (χ3n) is 3.61. The Labute approximate surface area is 129 Å². The van der Waals surface area contributed by atoms with Crippen LogP contribution in [0.4, 0.5) is 0 Å². The molecule has 0 aliphatic heterocycles. The molecule has 3 aromatic rings. The fourth-order valence-corrected chi connectivity index (χ4v) is 3.94. The second kappa shape index (κ2) is 6.09. The van der Waals surface area contributed by atoms with Crippen molar-refractivity contribution in [2.45, 2.75) is 19.2 Å². The van der Waals surface area contributed by atoms with Crippen molar-refractivity contribution in [1.82, 2.24) is 4.98 Å². The highest BCUT2D eigenvalue weighted by molar-refractivity contribution is 7.51. The van der Waals surface area contributed by atoms with E-state index in [4.69, 9.17) is 4.52 Å². The first kappa shape index (κ1) is 15.0. The van der Waals surface area contributed by atoms with E-state index < -0.39 is 13.7 Å². The second-order valence-electron chi connectivity index (χ2n) is 5.32. The van der Waals surface area contributed by atoms with E-state index in [1.165, 1.54) is 0 Å². The number of fused-ring (bicyclic) bond motifs is 1. The molecule has 5 heteroatoms. The highest BCUT2D eigenvalue weighted by Crippen LogP contribution is 2.50. The topological polar surface area (TPSA) is 62.3 Å². The van der Waals surface area contributed by atoms with Crippen LogP contribution in [0.5, 0.6) is 0 Å². The van der Waals surface area contributed by atoms with Gasteiger partial charge in [0, 0.05) is 22.7 Å². The lowest BCUT2D eigenvalue weighted by Gasteiger charge is -2.18. The van der Waals surface area contributed by atoms with Crippen molar-refractivity contribution in [2.75, 3.05) is 0 Å². The van der Waals surface area contributed by atoms with E-state index >= 15 is 0 Å². The lowest BCUT2D eigenvalue weighted by molar-refractivity contribution is 0.192. The molecule has 2 aromatic carbocycles. The van der Waals surface area contributed by atoms with Crippen LogP contribution in [-0.4, -0.2) is 9.88 Å². The third kappa shape index (κ3) is 3.30. The largest absolute Gasteiger partial charge is 0.361 e. The van der Waals surface area contributed by atoms with Crippen LogP contribution in [0, 0.1) is 0 Å². The Kier molecular flexibility index (Phi) is 4.16.